The highest BCUT2D eigenvalue weighted by Gasteiger charge is 2.28. The van der Waals surface area contributed by atoms with Crippen LogP contribution in [-0.2, 0) is 10.0 Å². The van der Waals surface area contributed by atoms with Crippen LogP contribution in [0.25, 0.3) is 0 Å². The maximum absolute atomic E-state index is 13.1. The number of ether oxygens (including phenoxy) is 1. The maximum atomic E-state index is 13.1. The summed E-state index contributed by atoms with van der Waals surface area (Å²) in [7, 11) is -2.11. The number of benzene rings is 1. The summed E-state index contributed by atoms with van der Waals surface area (Å²) in [4.78, 5) is 15.0. The summed E-state index contributed by atoms with van der Waals surface area (Å²) in [6.07, 6.45) is 5.56. The van der Waals surface area contributed by atoms with E-state index in [1.165, 1.54) is 13.2 Å². The van der Waals surface area contributed by atoms with Crippen LogP contribution in [0.5, 0.6) is 5.75 Å². The van der Waals surface area contributed by atoms with E-state index < -0.39 is 10.0 Å². The van der Waals surface area contributed by atoms with Gasteiger partial charge in [-0.15, -0.1) is 0 Å². The Bertz CT molecular complexity index is 719. The van der Waals surface area contributed by atoms with Crippen LogP contribution in [0.3, 0.4) is 0 Å². The molecule has 0 aliphatic carbocycles. The number of sulfonamides is 1. The van der Waals surface area contributed by atoms with Crippen LogP contribution in [-0.4, -0.2) is 56.8 Å². The third kappa shape index (κ3) is 5.23. The predicted molar refractivity (Wildman–Crippen MR) is 107 cm³/mol. The molecule has 1 aliphatic rings. The molecule has 0 aromatic heterocycles. The van der Waals surface area contributed by atoms with E-state index in [-0.39, 0.29) is 10.8 Å². The van der Waals surface area contributed by atoms with E-state index in [9.17, 15) is 13.2 Å². The van der Waals surface area contributed by atoms with Gasteiger partial charge in [0.1, 0.15) is 5.75 Å². The highest BCUT2D eigenvalue weighted by molar-refractivity contribution is 7.89. The van der Waals surface area contributed by atoms with Gasteiger partial charge in [0.25, 0.3) is 5.91 Å². The fourth-order valence-corrected chi connectivity index (χ4v) is 5.01. The average Bonchev–Trinajstić information content (AvgIpc) is 2.96. The largest absolute Gasteiger partial charge is 0.496 e. The fourth-order valence-electron chi connectivity index (χ4n) is 3.47. The van der Waals surface area contributed by atoms with E-state index in [0.29, 0.717) is 37.5 Å². The van der Waals surface area contributed by atoms with Crippen LogP contribution in [0.15, 0.2) is 23.1 Å². The molecule has 1 fully saturated rings. The van der Waals surface area contributed by atoms with Crippen molar-refractivity contribution in [1.29, 1.82) is 0 Å². The van der Waals surface area contributed by atoms with Gasteiger partial charge >= 0.3 is 0 Å². The van der Waals surface area contributed by atoms with Crippen molar-refractivity contribution in [2.45, 2.75) is 57.3 Å². The molecule has 6 nitrogen and oxygen atoms in total. The molecule has 1 aromatic carbocycles. The molecule has 1 aromatic rings. The number of nitrogens with zero attached hydrogens (tertiary/aromatic N) is 2. The molecular formula is C20H32N2O4S. The summed E-state index contributed by atoms with van der Waals surface area (Å²) in [6, 6.07) is 4.62. The number of amides is 1. The summed E-state index contributed by atoms with van der Waals surface area (Å²) < 4.78 is 33.1. The number of hydrogen-bond acceptors (Lipinski definition) is 4. The van der Waals surface area contributed by atoms with E-state index in [1.54, 1.807) is 21.3 Å². The van der Waals surface area contributed by atoms with Gasteiger partial charge in [0, 0.05) is 26.2 Å². The van der Waals surface area contributed by atoms with Gasteiger partial charge in [0.05, 0.1) is 17.6 Å². The zero-order valence-electron chi connectivity index (χ0n) is 16.7. The van der Waals surface area contributed by atoms with Crippen LogP contribution in [0.4, 0.5) is 0 Å². The van der Waals surface area contributed by atoms with Gasteiger partial charge in [-0.25, -0.2) is 8.42 Å². The molecule has 7 heteroatoms. The van der Waals surface area contributed by atoms with Crippen LogP contribution in [0.1, 0.15) is 62.7 Å². The zero-order chi connectivity index (χ0) is 19.9. The van der Waals surface area contributed by atoms with E-state index >= 15 is 0 Å². The Morgan fingerprint density at radius 2 is 1.67 bits per heavy atom. The molecule has 152 valence electrons. The Morgan fingerprint density at radius 1 is 1.07 bits per heavy atom. The molecule has 0 atom stereocenters. The summed E-state index contributed by atoms with van der Waals surface area (Å²) in [5.74, 6) is 0.232. The molecule has 0 saturated carbocycles. The highest BCUT2D eigenvalue weighted by Crippen LogP contribution is 2.27. The van der Waals surface area contributed by atoms with Gasteiger partial charge in [-0.2, -0.15) is 4.31 Å². The molecule has 0 N–H and O–H groups in total. The van der Waals surface area contributed by atoms with Crippen LogP contribution >= 0.6 is 0 Å². The Labute approximate surface area is 163 Å². The van der Waals surface area contributed by atoms with Crippen molar-refractivity contribution < 1.29 is 17.9 Å². The number of rotatable bonds is 8. The summed E-state index contributed by atoms with van der Waals surface area (Å²) in [6.45, 7) is 6.39. The SMILES string of the molecule is CCCN(CCC)C(=O)c1cc(S(=O)(=O)N2CCCCCC2)ccc1OC. The van der Waals surface area contributed by atoms with Crippen molar-refractivity contribution in [3.63, 3.8) is 0 Å². The first-order valence-electron chi connectivity index (χ1n) is 9.93. The van der Waals surface area contributed by atoms with Crippen LogP contribution in [0, 0.1) is 0 Å². The second kappa shape index (κ2) is 10.1. The van der Waals surface area contributed by atoms with Crippen molar-refractivity contribution in [3.05, 3.63) is 23.8 Å². The third-order valence-electron chi connectivity index (χ3n) is 4.88. The smallest absolute Gasteiger partial charge is 0.257 e. The van der Waals surface area contributed by atoms with Gasteiger partial charge in [-0.3, -0.25) is 4.79 Å². The molecule has 2 rings (SSSR count). The van der Waals surface area contributed by atoms with E-state index in [4.69, 9.17) is 4.74 Å². The number of carbonyl (C=O) groups is 1. The molecule has 1 saturated heterocycles. The van der Waals surface area contributed by atoms with Gasteiger partial charge in [0.15, 0.2) is 0 Å². The number of methoxy groups -OCH3 is 1. The first-order valence-corrected chi connectivity index (χ1v) is 11.4. The minimum absolute atomic E-state index is 0.168. The molecule has 1 heterocycles. The Kier molecular flexibility index (Phi) is 8.10. The van der Waals surface area contributed by atoms with E-state index in [2.05, 4.69) is 0 Å². The Balaban J connectivity index is 2.40. The van der Waals surface area contributed by atoms with Crippen LogP contribution in [0.2, 0.25) is 0 Å². The van der Waals surface area contributed by atoms with Gasteiger partial charge < -0.3 is 9.64 Å². The predicted octanol–water partition coefficient (Wildman–Crippen LogP) is 3.52. The molecular weight excluding hydrogens is 364 g/mol. The lowest BCUT2D eigenvalue weighted by molar-refractivity contribution is 0.0752. The molecule has 27 heavy (non-hydrogen) atoms. The molecule has 0 unspecified atom stereocenters. The molecule has 1 amide bonds. The van der Waals surface area contributed by atoms with Crippen molar-refractivity contribution in [3.8, 4) is 5.75 Å². The monoisotopic (exact) mass is 396 g/mol. The molecule has 0 radical (unpaired) electrons. The maximum Gasteiger partial charge on any atom is 0.257 e. The lowest BCUT2D eigenvalue weighted by Crippen LogP contribution is -2.34. The first-order chi connectivity index (χ1) is 13.0. The lowest BCUT2D eigenvalue weighted by atomic mass is 10.1. The van der Waals surface area contributed by atoms with E-state index in [0.717, 1.165) is 38.5 Å². The number of carbonyl (C=O) groups excluding carboxylic acids is 1. The number of hydrogen-bond donors (Lipinski definition) is 0. The topological polar surface area (TPSA) is 66.9 Å². The zero-order valence-corrected chi connectivity index (χ0v) is 17.6. The molecule has 0 spiro atoms. The molecule has 1 aliphatic heterocycles. The van der Waals surface area contributed by atoms with Crippen molar-refractivity contribution in [2.24, 2.45) is 0 Å². The normalized spacial score (nSPS) is 16.0. The quantitative estimate of drug-likeness (QED) is 0.674. The van der Waals surface area contributed by atoms with Gasteiger partial charge in [0.2, 0.25) is 10.0 Å². The highest BCUT2D eigenvalue weighted by atomic mass is 32.2. The summed E-state index contributed by atoms with van der Waals surface area (Å²) >= 11 is 0. The third-order valence-corrected chi connectivity index (χ3v) is 6.77. The summed E-state index contributed by atoms with van der Waals surface area (Å²) in [5.41, 5.74) is 0.315. The average molecular weight is 397 g/mol. The van der Waals surface area contributed by atoms with Crippen LogP contribution < -0.4 is 4.74 Å². The van der Waals surface area contributed by atoms with Gasteiger partial charge in [-0.1, -0.05) is 26.7 Å². The van der Waals surface area contributed by atoms with Crippen molar-refractivity contribution in [1.82, 2.24) is 9.21 Å². The molecule has 0 bridgehead atoms. The minimum Gasteiger partial charge on any atom is -0.496 e. The second-order valence-electron chi connectivity index (χ2n) is 6.97. The first kappa shape index (κ1) is 21.7. The second-order valence-corrected chi connectivity index (χ2v) is 8.91. The van der Waals surface area contributed by atoms with Crippen molar-refractivity contribution >= 4 is 15.9 Å². The minimum atomic E-state index is -3.61. The standard InChI is InChI=1S/C20H32N2O4S/c1-4-12-21(13-5-2)20(23)18-16-17(10-11-19(18)26-3)27(24,25)22-14-8-6-7-9-15-22/h10-11,16H,4-9,12-15H2,1-3H3. The van der Waals surface area contributed by atoms with E-state index in [1.807, 2.05) is 13.8 Å². The summed E-state index contributed by atoms with van der Waals surface area (Å²) in [5, 5.41) is 0. The Hall–Kier alpha value is -1.60. The fraction of sp³-hybridized carbons (Fsp3) is 0.650. The van der Waals surface area contributed by atoms with Crippen molar-refractivity contribution in [2.75, 3.05) is 33.3 Å². The lowest BCUT2D eigenvalue weighted by Gasteiger charge is -2.24. The van der Waals surface area contributed by atoms with Gasteiger partial charge in [-0.05, 0) is 43.9 Å². The Morgan fingerprint density at radius 3 is 2.19 bits per heavy atom.